The van der Waals surface area contributed by atoms with Crippen LogP contribution in [0.3, 0.4) is 0 Å². The third-order valence-corrected chi connectivity index (χ3v) is 4.36. The van der Waals surface area contributed by atoms with Crippen molar-refractivity contribution in [3.05, 3.63) is 54.4 Å². The van der Waals surface area contributed by atoms with Crippen molar-refractivity contribution < 1.29 is 18.7 Å². The van der Waals surface area contributed by atoms with E-state index in [1.807, 2.05) is 34.6 Å². The lowest BCUT2D eigenvalue weighted by atomic mass is 9.97. The molecule has 1 aromatic heterocycles. The Bertz CT molecular complexity index is 1070. The number of aromatic nitrogens is 2. The zero-order valence-corrected chi connectivity index (χ0v) is 18.7. The van der Waals surface area contributed by atoms with Gasteiger partial charge in [-0.25, -0.2) is 10.4 Å². The lowest BCUT2D eigenvalue weighted by Gasteiger charge is -2.17. The fourth-order valence-corrected chi connectivity index (χ4v) is 2.56. The van der Waals surface area contributed by atoms with Crippen LogP contribution < -0.4 is 20.5 Å². The topological polar surface area (TPSA) is 110 Å². The van der Waals surface area contributed by atoms with Crippen LogP contribution in [-0.4, -0.2) is 22.5 Å². The molecule has 9 nitrogen and oxygen atoms in total. The lowest BCUT2D eigenvalue weighted by molar-refractivity contribution is -0.118. The van der Waals surface area contributed by atoms with Gasteiger partial charge in [0.1, 0.15) is 11.5 Å². The minimum atomic E-state index is -0.299. The Morgan fingerprint density at radius 2 is 1.81 bits per heavy atom. The van der Waals surface area contributed by atoms with Crippen molar-refractivity contribution in [2.75, 3.05) is 15.8 Å². The maximum Gasteiger partial charge on any atom is 0.335 e. The molecule has 2 aromatic carbocycles. The second-order valence-corrected chi connectivity index (χ2v) is 8.52. The van der Waals surface area contributed by atoms with Gasteiger partial charge in [0, 0.05) is 23.1 Å². The molecule has 2 amide bonds. The van der Waals surface area contributed by atoms with Crippen LogP contribution in [0.4, 0.5) is 17.4 Å². The average Bonchev–Trinajstić information content (AvgIpc) is 3.22. The Balaban J connectivity index is 1.67. The van der Waals surface area contributed by atoms with E-state index in [-0.39, 0.29) is 23.3 Å². The summed E-state index contributed by atoms with van der Waals surface area (Å²) < 4.78 is 11.4. The zero-order chi connectivity index (χ0) is 23.3. The zero-order valence-electron chi connectivity index (χ0n) is 18.7. The highest BCUT2D eigenvalue weighted by Crippen LogP contribution is 2.27. The number of amides is 2. The van der Waals surface area contributed by atoms with Crippen molar-refractivity contribution in [3.63, 3.8) is 0 Å². The van der Waals surface area contributed by atoms with Crippen LogP contribution in [0.1, 0.15) is 40.5 Å². The molecular formula is C23H27N5O4. The third-order valence-electron chi connectivity index (χ3n) is 4.36. The Hall–Kier alpha value is -3.88. The number of ether oxygens (including phenoxy) is 1. The fraction of sp³-hybridized carbons (Fsp3) is 0.304. The SMILES string of the molecule is CC(C)C(=O)Nc1cccc(Oc2ccc(N(C=O)Nc3nnc(C(C)(C)C)o3)cc2)c1. The van der Waals surface area contributed by atoms with Gasteiger partial charge in [-0.3, -0.25) is 9.59 Å². The summed E-state index contributed by atoms with van der Waals surface area (Å²) in [5, 5.41) is 12.0. The number of rotatable bonds is 8. The Labute approximate surface area is 186 Å². The van der Waals surface area contributed by atoms with E-state index >= 15 is 0 Å². The average molecular weight is 438 g/mol. The molecule has 0 bridgehead atoms. The van der Waals surface area contributed by atoms with Crippen LogP contribution in [0.25, 0.3) is 0 Å². The Kier molecular flexibility index (Phi) is 6.77. The van der Waals surface area contributed by atoms with Crippen LogP contribution in [0.2, 0.25) is 0 Å². The van der Waals surface area contributed by atoms with Crippen LogP contribution in [-0.2, 0) is 15.0 Å². The van der Waals surface area contributed by atoms with Gasteiger partial charge in [0.05, 0.1) is 5.69 Å². The molecule has 1 heterocycles. The van der Waals surface area contributed by atoms with E-state index in [1.54, 1.807) is 48.5 Å². The summed E-state index contributed by atoms with van der Waals surface area (Å²) in [6.45, 7) is 9.52. The highest BCUT2D eigenvalue weighted by atomic mass is 16.5. The summed E-state index contributed by atoms with van der Waals surface area (Å²) in [7, 11) is 0. The molecule has 0 atom stereocenters. The van der Waals surface area contributed by atoms with Gasteiger partial charge in [0.2, 0.25) is 18.2 Å². The molecule has 3 aromatic rings. The largest absolute Gasteiger partial charge is 0.457 e. The number of carbonyl (C=O) groups excluding carboxylic acids is 2. The summed E-state index contributed by atoms with van der Waals surface area (Å²) in [5.74, 6) is 1.42. The van der Waals surface area contributed by atoms with E-state index in [4.69, 9.17) is 9.15 Å². The molecule has 32 heavy (non-hydrogen) atoms. The van der Waals surface area contributed by atoms with E-state index in [9.17, 15) is 9.59 Å². The molecule has 0 aliphatic heterocycles. The van der Waals surface area contributed by atoms with Crippen molar-refractivity contribution in [3.8, 4) is 11.5 Å². The monoisotopic (exact) mass is 437 g/mol. The minimum absolute atomic E-state index is 0.0659. The van der Waals surface area contributed by atoms with Gasteiger partial charge in [0.25, 0.3) is 0 Å². The van der Waals surface area contributed by atoms with Gasteiger partial charge >= 0.3 is 6.01 Å². The summed E-state index contributed by atoms with van der Waals surface area (Å²) in [4.78, 5) is 23.5. The minimum Gasteiger partial charge on any atom is -0.457 e. The maximum atomic E-state index is 11.9. The first-order valence-corrected chi connectivity index (χ1v) is 10.2. The summed E-state index contributed by atoms with van der Waals surface area (Å²) >= 11 is 0. The first-order valence-electron chi connectivity index (χ1n) is 10.2. The van der Waals surface area contributed by atoms with Gasteiger partial charge in [0.15, 0.2) is 0 Å². The molecule has 0 saturated carbocycles. The van der Waals surface area contributed by atoms with Gasteiger partial charge in [-0.2, -0.15) is 0 Å². The lowest BCUT2D eigenvalue weighted by Crippen LogP contribution is -2.28. The van der Waals surface area contributed by atoms with Crippen molar-refractivity contribution in [1.82, 2.24) is 10.2 Å². The highest BCUT2D eigenvalue weighted by Gasteiger charge is 2.22. The van der Waals surface area contributed by atoms with E-state index < -0.39 is 0 Å². The molecule has 3 rings (SSSR count). The van der Waals surface area contributed by atoms with Crippen LogP contribution >= 0.6 is 0 Å². The van der Waals surface area contributed by atoms with Crippen molar-refractivity contribution in [2.24, 2.45) is 5.92 Å². The molecule has 0 saturated heterocycles. The predicted molar refractivity (Wildman–Crippen MR) is 122 cm³/mol. The number of hydrogen-bond acceptors (Lipinski definition) is 7. The quantitative estimate of drug-likeness (QED) is 0.387. The second kappa shape index (κ2) is 9.51. The molecule has 0 spiro atoms. The number of anilines is 3. The van der Waals surface area contributed by atoms with Crippen LogP contribution in [0.15, 0.2) is 52.9 Å². The fourth-order valence-electron chi connectivity index (χ4n) is 2.56. The third kappa shape index (κ3) is 5.84. The van der Waals surface area contributed by atoms with E-state index in [1.165, 1.54) is 5.01 Å². The second-order valence-electron chi connectivity index (χ2n) is 8.52. The number of hydrazine groups is 1. The molecular weight excluding hydrogens is 410 g/mol. The summed E-state index contributed by atoms with van der Waals surface area (Å²) in [5.41, 5.74) is 3.70. The van der Waals surface area contributed by atoms with Crippen LogP contribution in [0, 0.1) is 5.92 Å². The van der Waals surface area contributed by atoms with Gasteiger partial charge in [-0.15, -0.1) is 5.10 Å². The molecule has 0 fully saturated rings. The molecule has 0 radical (unpaired) electrons. The summed E-state index contributed by atoms with van der Waals surface area (Å²) in [6.07, 6.45) is 0.609. The molecule has 2 N–H and O–H groups in total. The number of hydrogen-bond donors (Lipinski definition) is 2. The van der Waals surface area contributed by atoms with Crippen molar-refractivity contribution in [1.29, 1.82) is 0 Å². The molecule has 0 aliphatic rings. The van der Waals surface area contributed by atoms with Crippen LogP contribution in [0.5, 0.6) is 11.5 Å². The number of nitrogens with one attached hydrogen (secondary N) is 2. The smallest absolute Gasteiger partial charge is 0.335 e. The van der Waals surface area contributed by atoms with E-state index in [0.29, 0.717) is 35.2 Å². The number of benzene rings is 2. The maximum absolute atomic E-state index is 11.9. The predicted octanol–water partition coefficient (Wildman–Crippen LogP) is 4.74. The number of nitrogens with zero attached hydrogens (tertiary/aromatic N) is 3. The summed E-state index contributed by atoms with van der Waals surface area (Å²) in [6, 6.07) is 14.1. The molecule has 0 unspecified atom stereocenters. The first kappa shape index (κ1) is 22.8. The van der Waals surface area contributed by atoms with E-state index in [2.05, 4.69) is 20.9 Å². The molecule has 9 heteroatoms. The first-order chi connectivity index (χ1) is 15.2. The van der Waals surface area contributed by atoms with Gasteiger partial charge < -0.3 is 14.5 Å². The van der Waals surface area contributed by atoms with Gasteiger partial charge in [-0.1, -0.05) is 45.8 Å². The Morgan fingerprint density at radius 3 is 2.41 bits per heavy atom. The molecule has 168 valence electrons. The van der Waals surface area contributed by atoms with Crippen molar-refractivity contribution in [2.45, 2.75) is 40.0 Å². The molecule has 0 aliphatic carbocycles. The van der Waals surface area contributed by atoms with Gasteiger partial charge in [-0.05, 0) is 36.4 Å². The number of carbonyl (C=O) groups is 2. The normalized spacial score (nSPS) is 11.2. The highest BCUT2D eigenvalue weighted by molar-refractivity contribution is 5.92. The van der Waals surface area contributed by atoms with Crippen molar-refractivity contribution >= 4 is 29.7 Å². The standard InChI is InChI=1S/C23H27N5O4/c1-15(2)20(30)24-16-7-6-8-19(13-16)31-18-11-9-17(10-12-18)28(14-29)27-22-26-25-21(32-22)23(3,4)5/h6-15H,1-5H3,(H,24,30)(H,26,27). The van der Waals surface area contributed by atoms with E-state index in [0.717, 1.165) is 0 Å². The Morgan fingerprint density at radius 1 is 1.09 bits per heavy atom.